The van der Waals surface area contributed by atoms with Gasteiger partial charge in [-0.25, -0.2) is 9.66 Å². The summed E-state index contributed by atoms with van der Waals surface area (Å²) in [4.78, 5) is 39.7. The highest BCUT2D eigenvalue weighted by atomic mass is 32.3. The summed E-state index contributed by atoms with van der Waals surface area (Å²) in [7, 11) is -9.59. The monoisotopic (exact) mass is 545 g/mol. The van der Waals surface area contributed by atoms with Gasteiger partial charge in [-0.05, 0) is 25.2 Å². The average molecular weight is 546 g/mol. The van der Waals surface area contributed by atoms with E-state index in [0.717, 1.165) is 12.8 Å². The van der Waals surface area contributed by atoms with Crippen molar-refractivity contribution in [2.45, 2.75) is 77.8 Å². The van der Waals surface area contributed by atoms with Gasteiger partial charge in [0.25, 0.3) is 0 Å². The third kappa shape index (κ3) is 12.1. The van der Waals surface area contributed by atoms with E-state index >= 15 is 0 Å². The summed E-state index contributed by atoms with van der Waals surface area (Å²) in [6, 6.07) is -1.59. The number of hydrogen-bond acceptors (Lipinski definition) is 9. The van der Waals surface area contributed by atoms with Crippen molar-refractivity contribution in [3.8, 4) is 0 Å². The molecular weight excluding hydrogens is 510 g/mol. The van der Waals surface area contributed by atoms with Crippen LogP contribution >= 0.6 is 0 Å². The molecule has 0 aromatic heterocycles. The van der Waals surface area contributed by atoms with Crippen LogP contribution in [0.3, 0.4) is 0 Å². The zero-order valence-corrected chi connectivity index (χ0v) is 21.6. The van der Waals surface area contributed by atoms with Crippen LogP contribution in [0.25, 0.3) is 0 Å². The molecular formula is C19H35N3O11S2. The second-order valence-electron chi connectivity index (χ2n) is 8.70. The smallest absolute Gasteiger partial charge is 0.344 e. The average Bonchev–Trinajstić information content (AvgIpc) is 3.21. The van der Waals surface area contributed by atoms with E-state index in [4.69, 9.17) is 9.11 Å². The normalized spacial score (nSPS) is 18.3. The van der Waals surface area contributed by atoms with Gasteiger partial charge in [0.15, 0.2) is 0 Å². The molecule has 0 aliphatic carbocycles. The van der Waals surface area contributed by atoms with Crippen LogP contribution < -0.4 is 10.8 Å². The van der Waals surface area contributed by atoms with Crippen LogP contribution in [0.15, 0.2) is 0 Å². The Morgan fingerprint density at radius 2 is 1.74 bits per heavy atom. The summed E-state index contributed by atoms with van der Waals surface area (Å²) < 4.78 is 68.8. The molecule has 0 saturated carbocycles. The molecule has 35 heavy (non-hydrogen) atoms. The molecule has 0 spiro atoms. The number of nitrogens with zero attached hydrogens (tertiary/aromatic N) is 1. The summed E-state index contributed by atoms with van der Waals surface area (Å²) in [5.41, 5.74) is 1.56. The standard InChI is InChI=1S/C19H35N3O11S2/c1-4-5-6-8-14(11-16(23)21-33-35(29,30)31)18(24)20-17(13(2)3)19(25)22-10-7-9-15(22)12-32-34(26,27)28/h13-15,17H,4-12H2,1-3H3,(H,20,24)(H,21,23)(H,26,27,28)(H,29,30,31)/t14?,15-,17+/m0/s1. The van der Waals surface area contributed by atoms with Crippen LogP contribution in [0.4, 0.5) is 0 Å². The predicted octanol–water partition coefficient (Wildman–Crippen LogP) is 0.375. The van der Waals surface area contributed by atoms with Gasteiger partial charge >= 0.3 is 20.8 Å². The molecule has 1 unspecified atom stereocenters. The Kier molecular flexibility index (Phi) is 12.5. The number of carbonyl (C=O) groups excluding carboxylic acids is 3. The van der Waals surface area contributed by atoms with Crippen molar-refractivity contribution in [2.24, 2.45) is 11.8 Å². The first-order valence-corrected chi connectivity index (χ1v) is 14.0. The van der Waals surface area contributed by atoms with Crippen molar-refractivity contribution in [1.29, 1.82) is 0 Å². The van der Waals surface area contributed by atoms with E-state index < -0.39 is 69.5 Å². The van der Waals surface area contributed by atoms with Gasteiger partial charge in [0, 0.05) is 18.9 Å². The van der Waals surface area contributed by atoms with Crippen molar-refractivity contribution < 1.29 is 48.8 Å². The summed E-state index contributed by atoms with van der Waals surface area (Å²) in [6.07, 6.45) is 3.10. The van der Waals surface area contributed by atoms with Crippen LogP contribution in [0, 0.1) is 11.8 Å². The number of nitrogens with one attached hydrogen (secondary N) is 2. The van der Waals surface area contributed by atoms with Crippen molar-refractivity contribution in [3.63, 3.8) is 0 Å². The van der Waals surface area contributed by atoms with Gasteiger partial charge in [-0.2, -0.15) is 16.8 Å². The molecule has 14 nitrogen and oxygen atoms in total. The molecule has 0 radical (unpaired) electrons. The second-order valence-corrected chi connectivity index (χ2v) is 10.8. The SMILES string of the molecule is CCCCCC(CC(=O)NOS(=O)(=O)O)C(=O)N[C@@H](C(=O)N1CCC[C@H]1COS(=O)(=O)O)C(C)C. The molecule has 1 fully saturated rings. The molecule has 1 rings (SSSR count). The Morgan fingerprint density at radius 3 is 2.29 bits per heavy atom. The fourth-order valence-corrected chi connectivity index (χ4v) is 4.29. The fraction of sp³-hybridized carbons (Fsp3) is 0.842. The molecule has 1 heterocycles. The Bertz CT molecular complexity index is 938. The summed E-state index contributed by atoms with van der Waals surface area (Å²) in [5, 5.41) is 2.66. The largest absolute Gasteiger partial charge is 0.418 e. The van der Waals surface area contributed by atoms with Crippen LogP contribution in [-0.4, -0.2) is 73.8 Å². The molecule has 1 aliphatic rings. The van der Waals surface area contributed by atoms with Gasteiger partial charge in [0.05, 0.1) is 12.6 Å². The van der Waals surface area contributed by atoms with Crippen LogP contribution in [0.2, 0.25) is 0 Å². The molecule has 0 bridgehead atoms. The molecule has 0 aromatic rings. The van der Waals surface area contributed by atoms with Crippen LogP contribution in [0.1, 0.15) is 65.7 Å². The van der Waals surface area contributed by atoms with E-state index in [0.29, 0.717) is 25.8 Å². The van der Waals surface area contributed by atoms with Gasteiger partial charge in [0.1, 0.15) is 6.04 Å². The molecule has 1 aliphatic heterocycles. The highest BCUT2D eigenvalue weighted by molar-refractivity contribution is 7.81. The van der Waals surface area contributed by atoms with Gasteiger partial charge in [-0.15, -0.1) is 4.28 Å². The van der Waals surface area contributed by atoms with Gasteiger partial charge in [0.2, 0.25) is 17.7 Å². The summed E-state index contributed by atoms with van der Waals surface area (Å²) in [5.74, 6) is -3.27. The van der Waals surface area contributed by atoms with Crippen molar-refractivity contribution in [2.75, 3.05) is 13.2 Å². The number of hydrogen-bond donors (Lipinski definition) is 4. The topological polar surface area (TPSA) is 206 Å². The Hall–Kier alpha value is -1.85. The minimum atomic E-state index is -4.91. The Labute approximate surface area is 206 Å². The van der Waals surface area contributed by atoms with Crippen molar-refractivity contribution in [3.05, 3.63) is 0 Å². The van der Waals surface area contributed by atoms with Gasteiger partial charge in [-0.1, -0.05) is 40.0 Å². The number of likely N-dealkylation sites (tertiary alicyclic amines) is 1. The zero-order valence-electron chi connectivity index (χ0n) is 20.0. The first-order chi connectivity index (χ1) is 16.1. The van der Waals surface area contributed by atoms with Crippen LogP contribution in [-0.2, 0) is 43.6 Å². The lowest BCUT2D eigenvalue weighted by Crippen LogP contribution is -2.54. The lowest BCUT2D eigenvalue weighted by molar-refractivity contribution is -0.140. The van der Waals surface area contributed by atoms with Gasteiger partial charge in [-0.3, -0.25) is 23.5 Å². The number of unbranched alkanes of at least 4 members (excludes halogenated alkanes) is 2. The third-order valence-electron chi connectivity index (χ3n) is 5.52. The zero-order chi connectivity index (χ0) is 26.8. The molecule has 4 N–H and O–H groups in total. The highest BCUT2D eigenvalue weighted by Gasteiger charge is 2.37. The Morgan fingerprint density at radius 1 is 1.09 bits per heavy atom. The number of carbonyl (C=O) groups is 3. The maximum atomic E-state index is 13.2. The lowest BCUT2D eigenvalue weighted by atomic mass is 9.94. The molecule has 0 aromatic carbocycles. The first-order valence-electron chi connectivity index (χ1n) is 11.3. The van der Waals surface area contributed by atoms with Crippen molar-refractivity contribution >= 4 is 38.5 Å². The minimum absolute atomic E-state index is 0.284. The molecule has 1 saturated heterocycles. The number of hydroxylamine groups is 1. The number of amides is 3. The van der Waals surface area contributed by atoms with E-state index in [9.17, 15) is 31.2 Å². The maximum absolute atomic E-state index is 13.2. The summed E-state index contributed by atoms with van der Waals surface area (Å²) >= 11 is 0. The molecule has 204 valence electrons. The van der Waals surface area contributed by atoms with Gasteiger partial charge < -0.3 is 10.2 Å². The predicted molar refractivity (Wildman–Crippen MR) is 122 cm³/mol. The lowest BCUT2D eigenvalue weighted by Gasteiger charge is -2.31. The van der Waals surface area contributed by atoms with Crippen LogP contribution in [0.5, 0.6) is 0 Å². The quantitative estimate of drug-likeness (QED) is 0.126. The molecule has 16 heteroatoms. The van der Waals surface area contributed by atoms with E-state index in [1.165, 1.54) is 4.90 Å². The van der Waals surface area contributed by atoms with E-state index in [-0.39, 0.29) is 12.3 Å². The summed E-state index contributed by atoms with van der Waals surface area (Å²) in [6.45, 7) is 5.26. The van der Waals surface area contributed by atoms with E-state index in [1.807, 2.05) is 6.92 Å². The van der Waals surface area contributed by atoms with Crippen molar-refractivity contribution in [1.82, 2.24) is 15.7 Å². The first kappa shape index (κ1) is 31.2. The van der Waals surface area contributed by atoms with E-state index in [1.54, 1.807) is 19.3 Å². The molecule has 3 atom stereocenters. The highest BCUT2D eigenvalue weighted by Crippen LogP contribution is 2.22. The Balaban J connectivity index is 2.92. The fourth-order valence-electron chi connectivity index (χ4n) is 3.76. The van der Waals surface area contributed by atoms with E-state index in [2.05, 4.69) is 13.8 Å². The minimum Gasteiger partial charge on any atom is -0.344 e. The number of rotatable bonds is 15. The maximum Gasteiger partial charge on any atom is 0.418 e. The third-order valence-corrected chi connectivity index (χ3v) is 6.25. The second kappa shape index (κ2) is 14.0. The molecule has 3 amide bonds.